The Kier molecular flexibility index (Phi) is 2.96. The van der Waals surface area contributed by atoms with Gasteiger partial charge in [-0.3, -0.25) is 0 Å². The Labute approximate surface area is 85.0 Å². The minimum Gasteiger partial charge on any atom is -0.337 e. The van der Waals surface area contributed by atoms with Crippen LogP contribution in [0.2, 0.25) is 0 Å². The summed E-state index contributed by atoms with van der Waals surface area (Å²) in [6.07, 6.45) is 3.15. The smallest absolute Gasteiger partial charge is 0.177 e. The van der Waals surface area contributed by atoms with Crippen molar-refractivity contribution in [2.24, 2.45) is 0 Å². The van der Waals surface area contributed by atoms with Crippen molar-refractivity contribution in [2.45, 2.75) is 46.1 Å². The molecule has 1 aromatic heterocycles. The SMILES string of the molecule is CCCn1c(C(C)(C)C)c[nH]c1=S. The van der Waals surface area contributed by atoms with E-state index in [1.165, 1.54) is 5.69 Å². The average Bonchev–Trinajstić information content (AvgIpc) is 2.32. The summed E-state index contributed by atoms with van der Waals surface area (Å²) in [5.74, 6) is 0. The molecule has 0 amide bonds. The fraction of sp³-hybridized carbons (Fsp3) is 0.700. The molecule has 2 nitrogen and oxygen atoms in total. The summed E-state index contributed by atoms with van der Waals surface area (Å²) < 4.78 is 3.03. The van der Waals surface area contributed by atoms with E-state index < -0.39 is 0 Å². The number of hydrogen-bond donors (Lipinski definition) is 1. The zero-order valence-electron chi connectivity index (χ0n) is 8.85. The second-order valence-corrected chi connectivity index (χ2v) is 4.77. The molecule has 0 radical (unpaired) electrons. The van der Waals surface area contributed by atoms with Gasteiger partial charge in [0.1, 0.15) is 0 Å². The summed E-state index contributed by atoms with van der Waals surface area (Å²) in [7, 11) is 0. The van der Waals surface area contributed by atoms with Crippen LogP contribution in [-0.2, 0) is 12.0 Å². The van der Waals surface area contributed by atoms with Crippen molar-refractivity contribution in [1.82, 2.24) is 9.55 Å². The Morgan fingerprint density at radius 1 is 1.46 bits per heavy atom. The highest BCUT2D eigenvalue weighted by Gasteiger charge is 2.18. The van der Waals surface area contributed by atoms with Gasteiger partial charge in [-0.05, 0) is 18.6 Å². The summed E-state index contributed by atoms with van der Waals surface area (Å²) in [6.45, 7) is 9.79. The van der Waals surface area contributed by atoms with Gasteiger partial charge in [0, 0.05) is 23.9 Å². The second kappa shape index (κ2) is 3.66. The third-order valence-electron chi connectivity index (χ3n) is 2.08. The van der Waals surface area contributed by atoms with E-state index >= 15 is 0 Å². The van der Waals surface area contributed by atoms with Crippen LogP contribution in [0.15, 0.2) is 6.20 Å². The lowest BCUT2D eigenvalue weighted by Crippen LogP contribution is -2.17. The number of imidazole rings is 1. The van der Waals surface area contributed by atoms with Crippen molar-refractivity contribution in [2.75, 3.05) is 0 Å². The predicted octanol–water partition coefficient (Wildman–Crippen LogP) is 3.25. The molecule has 0 saturated heterocycles. The van der Waals surface area contributed by atoms with Crippen LogP contribution in [0.5, 0.6) is 0 Å². The molecule has 0 aliphatic rings. The molecule has 0 spiro atoms. The highest BCUT2D eigenvalue weighted by Crippen LogP contribution is 2.22. The highest BCUT2D eigenvalue weighted by atomic mass is 32.1. The molecule has 1 rings (SSSR count). The Balaban J connectivity index is 3.15. The summed E-state index contributed by atoms with van der Waals surface area (Å²) in [6, 6.07) is 0. The minimum absolute atomic E-state index is 0.169. The van der Waals surface area contributed by atoms with Gasteiger partial charge in [-0.2, -0.15) is 0 Å². The maximum Gasteiger partial charge on any atom is 0.177 e. The zero-order chi connectivity index (χ0) is 10.1. The molecule has 0 aliphatic carbocycles. The van der Waals surface area contributed by atoms with Gasteiger partial charge in [-0.15, -0.1) is 0 Å². The third kappa shape index (κ3) is 2.21. The monoisotopic (exact) mass is 198 g/mol. The highest BCUT2D eigenvalue weighted by molar-refractivity contribution is 7.71. The van der Waals surface area contributed by atoms with Crippen molar-refractivity contribution < 1.29 is 0 Å². The number of nitrogens with zero attached hydrogens (tertiary/aromatic N) is 1. The molecule has 1 aromatic rings. The number of nitrogens with one attached hydrogen (secondary N) is 1. The number of aromatic amines is 1. The number of aromatic nitrogens is 2. The van der Waals surface area contributed by atoms with Crippen molar-refractivity contribution in [3.8, 4) is 0 Å². The molecule has 1 N–H and O–H groups in total. The number of hydrogen-bond acceptors (Lipinski definition) is 1. The van der Waals surface area contributed by atoms with E-state index in [9.17, 15) is 0 Å². The van der Waals surface area contributed by atoms with Crippen LogP contribution in [-0.4, -0.2) is 9.55 Å². The molecular weight excluding hydrogens is 180 g/mol. The fourth-order valence-corrected chi connectivity index (χ4v) is 1.71. The number of H-pyrrole nitrogens is 1. The standard InChI is InChI=1S/C10H18N2S/c1-5-6-12-8(10(2,3)4)7-11-9(12)13/h7H,5-6H2,1-4H3,(H,11,13). The molecule has 13 heavy (non-hydrogen) atoms. The van der Waals surface area contributed by atoms with E-state index in [4.69, 9.17) is 12.2 Å². The maximum atomic E-state index is 5.21. The van der Waals surface area contributed by atoms with E-state index in [-0.39, 0.29) is 5.41 Å². The van der Waals surface area contributed by atoms with Gasteiger partial charge >= 0.3 is 0 Å². The van der Waals surface area contributed by atoms with Crippen molar-refractivity contribution in [3.05, 3.63) is 16.7 Å². The van der Waals surface area contributed by atoms with Crippen molar-refractivity contribution >= 4 is 12.2 Å². The van der Waals surface area contributed by atoms with E-state index in [1.807, 2.05) is 6.20 Å². The zero-order valence-corrected chi connectivity index (χ0v) is 9.66. The third-order valence-corrected chi connectivity index (χ3v) is 2.42. The quantitative estimate of drug-likeness (QED) is 0.723. The van der Waals surface area contributed by atoms with Crippen LogP contribution >= 0.6 is 12.2 Å². The summed E-state index contributed by atoms with van der Waals surface area (Å²) in [5.41, 5.74) is 1.46. The van der Waals surface area contributed by atoms with Crippen molar-refractivity contribution in [1.29, 1.82) is 0 Å². The van der Waals surface area contributed by atoms with Gasteiger partial charge in [0.15, 0.2) is 4.77 Å². The molecule has 0 aromatic carbocycles. The van der Waals surface area contributed by atoms with Gasteiger partial charge in [-0.25, -0.2) is 0 Å². The molecule has 0 unspecified atom stereocenters. The molecule has 0 bridgehead atoms. The molecular formula is C10H18N2S. The summed E-state index contributed by atoms with van der Waals surface area (Å²) in [5, 5.41) is 0. The topological polar surface area (TPSA) is 20.7 Å². The molecule has 1 heterocycles. The first-order valence-corrected chi connectivity index (χ1v) is 5.16. The number of rotatable bonds is 2. The largest absolute Gasteiger partial charge is 0.337 e. The van der Waals surface area contributed by atoms with Crippen LogP contribution < -0.4 is 0 Å². The van der Waals surface area contributed by atoms with Crippen LogP contribution in [0.4, 0.5) is 0 Å². The maximum absolute atomic E-state index is 5.21. The normalized spacial score (nSPS) is 12.0. The second-order valence-electron chi connectivity index (χ2n) is 4.38. The molecule has 3 heteroatoms. The lowest BCUT2D eigenvalue weighted by molar-refractivity contribution is 0.510. The van der Waals surface area contributed by atoms with E-state index in [1.54, 1.807) is 0 Å². The Bertz CT molecular complexity index is 327. The molecule has 0 fully saturated rings. The summed E-state index contributed by atoms with van der Waals surface area (Å²) in [4.78, 5) is 3.11. The Morgan fingerprint density at radius 2 is 2.08 bits per heavy atom. The average molecular weight is 198 g/mol. The first-order valence-electron chi connectivity index (χ1n) is 4.75. The molecule has 0 saturated carbocycles. The van der Waals surface area contributed by atoms with E-state index in [0.29, 0.717) is 0 Å². The van der Waals surface area contributed by atoms with Crippen molar-refractivity contribution in [3.63, 3.8) is 0 Å². The molecule has 74 valence electrons. The van der Waals surface area contributed by atoms with Gasteiger partial charge in [0.2, 0.25) is 0 Å². The lowest BCUT2D eigenvalue weighted by Gasteiger charge is -2.20. The van der Waals surface area contributed by atoms with E-state index in [0.717, 1.165) is 17.7 Å². The minimum atomic E-state index is 0.169. The fourth-order valence-electron chi connectivity index (χ4n) is 1.46. The first-order chi connectivity index (χ1) is 5.96. The predicted molar refractivity (Wildman–Crippen MR) is 58.6 cm³/mol. The van der Waals surface area contributed by atoms with Crippen LogP contribution in [0.1, 0.15) is 39.8 Å². The first kappa shape index (κ1) is 10.5. The van der Waals surface area contributed by atoms with Gasteiger partial charge in [0.25, 0.3) is 0 Å². The van der Waals surface area contributed by atoms with Crippen LogP contribution in [0.25, 0.3) is 0 Å². The van der Waals surface area contributed by atoms with Gasteiger partial charge in [0.05, 0.1) is 0 Å². The van der Waals surface area contributed by atoms with E-state index in [2.05, 4.69) is 37.2 Å². The van der Waals surface area contributed by atoms with Gasteiger partial charge < -0.3 is 9.55 Å². The Hall–Kier alpha value is -0.570. The molecule has 0 atom stereocenters. The van der Waals surface area contributed by atoms with Crippen LogP contribution in [0.3, 0.4) is 0 Å². The van der Waals surface area contributed by atoms with Crippen LogP contribution in [0, 0.1) is 4.77 Å². The summed E-state index contributed by atoms with van der Waals surface area (Å²) >= 11 is 5.21. The Morgan fingerprint density at radius 3 is 2.54 bits per heavy atom. The molecule has 0 aliphatic heterocycles. The van der Waals surface area contributed by atoms with Gasteiger partial charge in [-0.1, -0.05) is 27.7 Å². The lowest BCUT2D eigenvalue weighted by atomic mass is 9.92.